The van der Waals surface area contributed by atoms with E-state index in [1.165, 1.54) is 53.4 Å². The number of benzene rings is 3. The number of rotatable bonds is 2. The van der Waals surface area contributed by atoms with Crippen LogP contribution < -0.4 is 0 Å². The highest BCUT2D eigenvalue weighted by Gasteiger charge is 2.16. The van der Waals surface area contributed by atoms with Crippen molar-refractivity contribution >= 4 is 112 Å². The molecule has 0 aliphatic heterocycles. The molecule has 3 aromatic carbocycles. The van der Waals surface area contributed by atoms with Crippen LogP contribution >= 0.6 is 69.3 Å². The van der Waals surface area contributed by atoms with Crippen LogP contribution in [0.25, 0.3) is 63.1 Å². The quantitative estimate of drug-likeness (QED) is 0.226. The van der Waals surface area contributed by atoms with E-state index in [4.69, 9.17) is 23.2 Å². The van der Waals surface area contributed by atoms with Crippen LogP contribution in [0.4, 0.5) is 0 Å². The standard InChI is InChI=1S/C22H8Cl2N4S4/c23-13-3-1-11(19-21(13)27-31-25-19)17-7-9-5-16-10(6-15(9)29-17)8-18(30-16)12-2-4-14(24)22-20(12)26-32-28-22/h1-8H. The summed E-state index contributed by atoms with van der Waals surface area (Å²) in [7, 11) is 0. The Labute approximate surface area is 207 Å². The summed E-state index contributed by atoms with van der Waals surface area (Å²) in [5, 5.41) is 3.71. The highest BCUT2D eigenvalue weighted by Crippen LogP contribution is 2.43. The van der Waals surface area contributed by atoms with Gasteiger partial charge in [-0.2, -0.15) is 17.5 Å². The number of fused-ring (bicyclic) bond motifs is 4. The van der Waals surface area contributed by atoms with Crippen molar-refractivity contribution in [3.8, 4) is 20.9 Å². The Kier molecular flexibility index (Phi) is 4.31. The maximum absolute atomic E-state index is 6.29. The van der Waals surface area contributed by atoms with E-state index in [0.717, 1.165) is 33.2 Å². The molecule has 0 spiro atoms. The first-order chi connectivity index (χ1) is 15.7. The van der Waals surface area contributed by atoms with Gasteiger partial charge in [-0.05, 0) is 59.3 Å². The summed E-state index contributed by atoms with van der Waals surface area (Å²) in [4.78, 5) is 2.33. The maximum atomic E-state index is 6.29. The van der Waals surface area contributed by atoms with Crippen molar-refractivity contribution in [3.63, 3.8) is 0 Å². The largest absolute Gasteiger partial charge is 0.172 e. The molecular weight excluding hydrogens is 519 g/mol. The average molecular weight is 528 g/mol. The fraction of sp³-hybridized carbons (Fsp3) is 0. The molecule has 0 fully saturated rings. The lowest BCUT2D eigenvalue weighted by molar-refractivity contribution is 1.64. The summed E-state index contributed by atoms with van der Waals surface area (Å²) in [6.07, 6.45) is 0. The molecule has 0 N–H and O–H groups in total. The molecule has 0 saturated carbocycles. The van der Waals surface area contributed by atoms with Crippen LogP contribution in [0.1, 0.15) is 0 Å². The summed E-state index contributed by atoms with van der Waals surface area (Å²) in [5.74, 6) is 0. The van der Waals surface area contributed by atoms with Crippen molar-refractivity contribution in [1.29, 1.82) is 0 Å². The van der Waals surface area contributed by atoms with Crippen molar-refractivity contribution < 1.29 is 0 Å². The van der Waals surface area contributed by atoms with Crippen LogP contribution in [0.2, 0.25) is 10.0 Å². The fourth-order valence-corrected chi connectivity index (χ4v) is 7.78. The lowest BCUT2D eigenvalue weighted by atomic mass is 10.1. The molecule has 10 heteroatoms. The topological polar surface area (TPSA) is 51.6 Å². The second-order valence-corrected chi connectivity index (χ2v) is 11.3. The van der Waals surface area contributed by atoms with Crippen molar-refractivity contribution in [2.75, 3.05) is 0 Å². The van der Waals surface area contributed by atoms with E-state index in [0.29, 0.717) is 10.0 Å². The average Bonchev–Trinajstić information content (AvgIpc) is 3.56. The Bertz CT molecular complexity index is 1650. The second-order valence-electron chi connectivity index (χ2n) is 7.26. The van der Waals surface area contributed by atoms with Gasteiger partial charge in [0.05, 0.1) is 33.5 Å². The first-order valence-electron chi connectivity index (χ1n) is 9.45. The summed E-state index contributed by atoms with van der Waals surface area (Å²) in [6, 6.07) is 16.8. The van der Waals surface area contributed by atoms with Crippen molar-refractivity contribution in [2.24, 2.45) is 0 Å². The number of hydrogen-bond acceptors (Lipinski definition) is 8. The SMILES string of the molecule is Clc1ccc(-c2cc3cc4sc(-c5ccc(Cl)c6nsnc56)cc4cc3s2)c2nsnc12. The van der Waals surface area contributed by atoms with E-state index in [-0.39, 0.29) is 0 Å². The zero-order valence-electron chi connectivity index (χ0n) is 15.8. The van der Waals surface area contributed by atoms with Gasteiger partial charge in [-0.3, -0.25) is 0 Å². The monoisotopic (exact) mass is 526 g/mol. The molecule has 0 aliphatic carbocycles. The molecule has 7 rings (SSSR count). The van der Waals surface area contributed by atoms with Crippen LogP contribution in [0.5, 0.6) is 0 Å². The molecular formula is C22H8Cl2N4S4. The minimum Gasteiger partial charge on any atom is -0.172 e. The van der Waals surface area contributed by atoms with Crippen LogP contribution in [-0.2, 0) is 0 Å². The van der Waals surface area contributed by atoms with Crippen molar-refractivity contribution in [3.05, 3.63) is 58.6 Å². The van der Waals surface area contributed by atoms with Crippen LogP contribution in [0, 0.1) is 0 Å². The molecule has 32 heavy (non-hydrogen) atoms. The minimum absolute atomic E-state index is 0.637. The van der Waals surface area contributed by atoms with Crippen LogP contribution in [0.15, 0.2) is 48.5 Å². The van der Waals surface area contributed by atoms with E-state index in [9.17, 15) is 0 Å². The maximum Gasteiger partial charge on any atom is 0.124 e. The fourth-order valence-electron chi connectivity index (χ4n) is 3.91. The lowest BCUT2D eigenvalue weighted by Gasteiger charge is -1.99. The number of halogens is 2. The van der Waals surface area contributed by atoms with E-state index < -0.39 is 0 Å². The molecule has 154 valence electrons. The third-order valence-electron chi connectivity index (χ3n) is 5.42. The molecule has 0 radical (unpaired) electrons. The van der Waals surface area contributed by atoms with E-state index in [1.807, 2.05) is 24.3 Å². The van der Waals surface area contributed by atoms with Gasteiger partial charge in [0.1, 0.15) is 22.1 Å². The second kappa shape index (κ2) is 7.15. The number of hydrogen-bond donors (Lipinski definition) is 0. The number of aromatic nitrogens is 4. The zero-order valence-corrected chi connectivity index (χ0v) is 20.6. The van der Waals surface area contributed by atoms with Gasteiger partial charge in [0.25, 0.3) is 0 Å². The van der Waals surface area contributed by atoms with Gasteiger partial charge in [-0.25, -0.2) is 0 Å². The van der Waals surface area contributed by atoms with Gasteiger partial charge < -0.3 is 0 Å². The Hall–Kier alpha value is -2.20. The normalized spacial score (nSPS) is 12.1. The van der Waals surface area contributed by atoms with Gasteiger partial charge in [0.15, 0.2) is 0 Å². The highest BCUT2D eigenvalue weighted by atomic mass is 35.5. The zero-order chi connectivity index (χ0) is 21.4. The van der Waals surface area contributed by atoms with Gasteiger partial charge in [0.2, 0.25) is 0 Å². The molecule has 0 bridgehead atoms. The van der Waals surface area contributed by atoms with Crippen LogP contribution in [0.3, 0.4) is 0 Å². The molecule has 0 unspecified atom stereocenters. The van der Waals surface area contributed by atoms with Gasteiger partial charge in [-0.1, -0.05) is 23.2 Å². The molecule has 0 saturated heterocycles. The smallest absolute Gasteiger partial charge is 0.124 e. The third kappa shape index (κ3) is 2.84. The predicted molar refractivity (Wildman–Crippen MR) is 140 cm³/mol. The lowest BCUT2D eigenvalue weighted by Crippen LogP contribution is -1.78. The van der Waals surface area contributed by atoms with Crippen molar-refractivity contribution in [1.82, 2.24) is 17.5 Å². The summed E-state index contributed by atoms with van der Waals surface area (Å²) < 4.78 is 20.1. The minimum atomic E-state index is 0.637. The molecule has 4 nitrogen and oxygen atoms in total. The molecule has 0 aliphatic rings. The summed E-state index contributed by atoms with van der Waals surface area (Å²) in [6.45, 7) is 0. The van der Waals surface area contributed by atoms with Crippen molar-refractivity contribution in [2.45, 2.75) is 0 Å². The highest BCUT2D eigenvalue weighted by molar-refractivity contribution is 7.24. The third-order valence-corrected chi connectivity index (χ3v) is 9.35. The van der Waals surface area contributed by atoms with Gasteiger partial charge >= 0.3 is 0 Å². The summed E-state index contributed by atoms with van der Waals surface area (Å²) >= 11 is 18.5. The van der Waals surface area contributed by atoms with Gasteiger partial charge in [0, 0.05) is 30.3 Å². The molecule has 4 heterocycles. The predicted octanol–water partition coefficient (Wildman–Crippen LogP) is 8.77. The number of thiophene rings is 2. The first kappa shape index (κ1) is 19.3. The molecule has 0 atom stereocenters. The van der Waals surface area contributed by atoms with Crippen LogP contribution in [-0.4, -0.2) is 17.5 Å². The number of nitrogens with zero attached hydrogens (tertiary/aromatic N) is 4. The molecule has 4 aromatic heterocycles. The molecule has 7 aromatic rings. The first-order valence-corrected chi connectivity index (χ1v) is 13.3. The Morgan fingerprint density at radius 1 is 0.531 bits per heavy atom. The van der Waals surface area contributed by atoms with Gasteiger partial charge in [-0.15, -0.1) is 22.7 Å². The Morgan fingerprint density at radius 3 is 1.44 bits per heavy atom. The summed E-state index contributed by atoms with van der Waals surface area (Å²) in [5.41, 5.74) is 5.40. The van der Waals surface area contributed by atoms with E-state index >= 15 is 0 Å². The Balaban J connectivity index is 1.38. The van der Waals surface area contributed by atoms with E-state index in [1.54, 1.807) is 22.7 Å². The Morgan fingerprint density at radius 2 is 0.969 bits per heavy atom. The molecule has 0 amide bonds. The van der Waals surface area contributed by atoms with E-state index in [2.05, 4.69) is 41.8 Å².